The second-order valence-electron chi connectivity index (χ2n) is 19.5. The second kappa shape index (κ2) is 27.6. The van der Waals surface area contributed by atoms with Crippen LogP contribution >= 0.6 is 31.7 Å². The molecular weight excluding hydrogens is 998 g/mol. The predicted molar refractivity (Wildman–Crippen MR) is 328 cm³/mol. The monoisotopic (exact) mass is 1070 g/mol. The first-order valence-electron chi connectivity index (χ1n) is 25.6. The van der Waals surface area contributed by atoms with Gasteiger partial charge >= 0.3 is 0 Å². The van der Waals surface area contributed by atoms with E-state index in [4.69, 9.17) is 0 Å². The minimum absolute atomic E-state index is 0. The van der Waals surface area contributed by atoms with Crippen LogP contribution in [0.1, 0.15) is 71.1 Å². The Hall–Kier alpha value is -4.82. The van der Waals surface area contributed by atoms with E-state index in [2.05, 4.69) is 290 Å². The van der Waals surface area contributed by atoms with E-state index < -0.39 is 23.8 Å². The molecular formula is C67H71FeNP4-6. The maximum Gasteiger partial charge on any atom is 0.0205 e. The minimum atomic E-state index is -0.757. The third-order valence-electron chi connectivity index (χ3n) is 13.3. The van der Waals surface area contributed by atoms with Crippen molar-refractivity contribution >= 4 is 90.8 Å². The third kappa shape index (κ3) is 14.5. The van der Waals surface area contributed by atoms with Gasteiger partial charge in [0.05, 0.1) is 0 Å². The standard InChI is InChI=1S/C44H44NP2.C23H27P2.Fe/c1-4-35-26-28-36(29-27-35)34-45-31-17-30-44(2,3)37-32-42(46(38-18-9-5-10-19-38)39-20-11-6-12-21-39)43(33-37)47(40-22-13-7-14-23-40)41-24-15-8-16-25-41;1-18(2)24(19(3)4)22-16-11-17-23(22)25(20-12-7-5-8-13-20)21-14-9-6-10-15-21;/h4-16,18-29,32-33,45H,1,17,30-31,34H2,2-3H3;5-19H,1-4H3;/q-1;-5;. The summed E-state index contributed by atoms with van der Waals surface area (Å²) in [5.41, 5.74) is 5.37. The molecule has 73 heavy (non-hydrogen) atoms. The van der Waals surface area contributed by atoms with Crippen LogP contribution in [-0.2, 0) is 29.0 Å². The first-order valence-corrected chi connectivity index (χ1v) is 31.1. The average Bonchev–Trinajstić information content (AvgIpc) is 4.07. The topological polar surface area (TPSA) is 12.0 Å². The predicted octanol–water partition coefficient (Wildman–Crippen LogP) is 13.5. The zero-order valence-electron chi connectivity index (χ0n) is 43.4. The van der Waals surface area contributed by atoms with Crippen LogP contribution < -0.4 is 58.4 Å². The van der Waals surface area contributed by atoms with Crippen molar-refractivity contribution in [2.24, 2.45) is 0 Å². The van der Waals surface area contributed by atoms with E-state index in [0.29, 0.717) is 11.3 Å². The smallest absolute Gasteiger partial charge is 0.0205 e. The summed E-state index contributed by atoms with van der Waals surface area (Å²) in [4.78, 5) is 0. The van der Waals surface area contributed by atoms with Gasteiger partial charge < -0.3 is 34.1 Å². The molecule has 0 atom stereocenters. The molecule has 0 aliphatic carbocycles. The van der Waals surface area contributed by atoms with Crippen LogP contribution in [0.25, 0.3) is 6.08 Å². The molecule has 0 radical (unpaired) electrons. The third-order valence-corrected chi connectivity index (χ3v) is 24.3. The van der Waals surface area contributed by atoms with Crippen LogP contribution in [0, 0.1) is 0 Å². The molecule has 0 saturated carbocycles. The Bertz CT molecular complexity index is 2760. The molecule has 0 amide bonds. The van der Waals surface area contributed by atoms with Gasteiger partial charge in [0.2, 0.25) is 0 Å². The zero-order valence-corrected chi connectivity index (χ0v) is 48.1. The van der Waals surface area contributed by atoms with Crippen LogP contribution in [0.2, 0.25) is 0 Å². The molecule has 9 aromatic rings. The van der Waals surface area contributed by atoms with Crippen molar-refractivity contribution in [3.63, 3.8) is 0 Å². The number of rotatable bonds is 20. The Morgan fingerprint density at radius 3 is 1.26 bits per heavy atom. The van der Waals surface area contributed by atoms with Gasteiger partial charge in [0.15, 0.2) is 0 Å². The number of benzene rings is 7. The summed E-state index contributed by atoms with van der Waals surface area (Å²) < 4.78 is 0. The first kappa shape index (κ1) is 55.9. The number of hydrogen-bond donors (Lipinski definition) is 1. The zero-order chi connectivity index (χ0) is 50.3. The van der Waals surface area contributed by atoms with E-state index in [1.165, 1.54) is 53.6 Å². The van der Waals surface area contributed by atoms with E-state index in [-0.39, 0.29) is 30.4 Å². The Kier molecular flexibility index (Phi) is 21.2. The van der Waals surface area contributed by atoms with Crippen molar-refractivity contribution in [1.82, 2.24) is 5.32 Å². The Morgan fingerprint density at radius 2 is 0.890 bits per heavy atom. The van der Waals surface area contributed by atoms with Gasteiger partial charge in [-0.3, -0.25) is 7.92 Å². The van der Waals surface area contributed by atoms with Gasteiger partial charge in [0.25, 0.3) is 0 Å². The summed E-state index contributed by atoms with van der Waals surface area (Å²) in [6.45, 7) is 20.2. The second-order valence-corrected chi connectivity index (χ2v) is 29.5. The maximum atomic E-state index is 3.87. The van der Waals surface area contributed by atoms with E-state index >= 15 is 0 Å². The number of nitrogens with one attached hydrogen (secondary N) is 1. The summed E-state index contributed by atoms with van der Waals surface area (Å²) in [6.07, 6.45) is 4.12. The molecule has 0 unspecified atom stereocenters. The van der Waals surface area contributed by atoms with Gasteiger partial charge in [0, 0.05) is 23.6 Å². The van der Waals surface area contributed by atoms with Crippen LogP contribution in [0.5, 0.6) is 0 Å². The van der Waals surface area contributed by atoms with Crippen LogP contribution in [0.15, 0.2) is 243 Å². The molecule has 6 heteroatoms. The van der Waals surface area contributed by atoms with Crippen LogP contribution in [-0.4, -0.2) is 17.9 Å². The van der Waals surface area contributed by atoms with Gasteiger partial charge in [-0.25, -0.2) is 7.92 Å². The Balaban J connectivity index is 0.000000253. The number of hydrogen-bond acceptors (Lipinski definition) is 1. The van der Waals surface area contributed by atoms with Crippen molar-refractivity contribution in [3.05, 3.63) is 260 Å². The molecule has 0 saturated heterocycles. The van der Waals surface area contributed by atoms with Crippen molar-refractivity contribution in [2.75, 3.05) is 6.54 Å². The quantitative estimate of drug-likeness (QED) is 0.0347. The molecule has 378 valence electrons. The summed E-state index contributed by atoms with van der Waals surface area (Å²) in [5.74, 6) is 0. The largest absolute Gasteiger partial charge is 0.747 e. The fraction of sp³-hybridized carbons (Fsp3) is 0.194. The molecule has 0 aliphatic heterocycles. The SMILES string of the molecule is C=Cc1ccc(CNCCCC(C)(C)[c-]2cc(P(c3ccccc3)c3ccccc3)c(P(c3ccccc3)c3ccccc3)c2)cc1.CC(C)P([c-]1[cH-][cH-][cH-][c-]1P(c1ccccc1)c1ccccc1)C(C)C.[Fe]. The summed E-state index contributed by atoms with van der Waals surface area (Å²) in [6, 6.07) is 87.6. The van der Waals surface area contributed by atoms with E-state index in [9.17, 15) is 0 Å². The van der Waals surface area contributed by atoms with E-state index in [1.54, 1.807) is 10.6 Å². The van der Waals surface area contributed by atoms with Gasteiger partial charge in [-0.15, -0.1) is 0 Å². The minimum Gasteiger partial charge on any atom is -0.747 e. The van der Waals surface area contributed by atoms with E-state index in [1.807, 2.05) is 6.08 Å². The van der Waals surface area contributed by atoms with Gasteiger partial charge in [-0.2, -0.15) is 28.3 Å². The van der Waals surface area contributed by atoms with Crippen LogP contribution in [0.3, 0.4) is 0 Å². The van der Waals surface area contributed by atoms with Crippen molar-refractivity contribution in [1.29, 1.82) is 0 Å². The molecule has 9 rings (SSSR count). The molecule has 0 aliphatic rings. The normalized spacial score (nSPS) is 11.6. The first-order chi connectivity index (χ1) is 35.1. The fourth-order valence-corrected chi connectivity index (χ4v) is 20.9. The molecule has 1 N–H and O–H groups in total. The van der Waals surface area contributed by atoms with Gasteiger partial charge in [-0.1, -0.05) is 310 Å². The summed E-state index contributed by atoms with van der Waals surface area (Å²) >= 11 is 0. The average molecular weight is 1070 g/mol. The Labute approximate surface area is 454 Å². The maximum absolute atomic E-state index is 3.87. The molecule has 0 fully saturated rings. The Morgan fingerprint density at radius 1 is 0.521 bits per heavy atom. The van der Waals surface area contributed by atoms with Gasteiger partial charge in [0.1, 0.15) is 0 Å². The van der Waals surface area contributed by atoms with Crippen molar-refractivity contribution in [2.45, 2.75) is 77.7 Å². The molecule has 0 aromatic heterocycles. The summed E-state index contributed by atoms with van der Waals surface area (Å²) in [7, 11) is -2.16. The molecule has 9 aromatic carbocycles. The molecule has 1 nitrogen and oxygen atoms in total. The van der Waals surface area contributed by atoms with Gasteiger partial charge in [-0.05, 0) is 45.3 Å². The molecule has 0 spiro atoms. The summed E-state index contributed by atoms with van der Waals surface area (Å²) in [5, 5.41) is 18.3. The molecule has 0 heterocycles. The van der Waals surface area contributed by atoms with E-state index in [0.717, 1.165) is 31.5 Å². The van der Waals surface area contributed by atoms with Crippen molar-refractivity contribution < 1.29 is 17.1 Å². The fourth-order valence-electron chi connectivity index (χ4n) is 9.74. The van der Waals surface area contributed by atoms with Crippen molar-refractivity contribution in [3.8, 4) is 0 Å². The molecule has 0 bridgehead atoms. The van der Waals surface area contributed by atoms with Crippen LogP contribution in [0.4, 0.5) is 0 Å².